The molecule has 0 saturated carbocycles. The Hall–Kier alpha value is -2.72. The Morgan fingerprint density at radius 3 is 2.73 bits per heavy atom. The Balaban J connectivity index is 1.48. The van der Waals surface area contributed by atoms with Crippen LogP contribution in [0.3, 0.4) is 0 Å². The molecule has 40 heavy (non-hydrogen) atoms. The summed E-state index contributed by atoms with van der Waals surface area (Å²) in [5, 5.41) is 12.3. The predicted octanol–water partition coefficient (Wildman–Crippen LogP) is 1.50. The van der Waals surface area contributed by atoms with Gasteiger partial charge in [-0.25, -0.2) is 18.3 Å². The van der Waals surface area contributed by atoms with Crippen LogP contribution in [-0.2, 0) is 32.2 Å². The minimum absolute atomic E-state index is 0.00143. The van der Waals surface area contributed by atoms with Crippen molar-refractivity contribution in [2.45, 2.75) is 37.6 Å². The van der Waals surface area contributed by atoms with Crippen molar-refractivity contribution in [2.24, 2.45) is 0 Å². The van der Waals surface area contributed by atoms with Crippen molar-refractivity contribution in [2.75, 3.05) is 19.5 Å². The molecule has 0 bridgehead atoms. The summed E-state index contributed by atoms with van der Waals surface area (Å²) < 4.78 is 66.8. The summed E-state index contributed by atoms with van der Waals surface area (Å²) in [6.07, 6.45) is -5.91. The first-order chi connectivity index (χ1) is 18.8. The smallest absolute Gasteiger partial charge is 0.465 e. The molecule has 0 radical (unpaired) electrons. The van der Waals surface area contributed by atoms with E-state index >= 15 is 4.39 Å². The molecule has 218 valence electrons. The Bertz CT molecular complexity index is 1470. The number of halogens is 2. The standard InChI is InChI=1S/C20H24ClFN6O10P2/c1-10(19(30)34-2)27-39(31,37-11-6-4-3-5-7-11)38-40(32,33)35-8-12-15(29)13(22)18(36-12)28-9-24-14-16(23)25-20(21)26-17(14)28/h3-7,9-10,12-13,15,18,29H,8H2,1-2H3,(H,27,31)(H,32,33)(H2,23,25,26)/p-1/t10-,12+,13+,15?,18+,39?/m0/s1. The molecule has 2 aromatic heterocycles. The topological polar surface area (TPSA) is 222 Å². The monoisotopic (exact) mass is 623 g/mol. The van der Waals surface area contributed by atoms with Crippen LogP contribution in [0.25, 0.3) is 11.2 Å². The zero-order valence-electron chi connectivity index (χ0n) is 20.7. The Kier molecular flexibility index (Phi) is 9.09. The fourth-order valence-electron chi connectivity index (χ4n) is 3.64. The number of hydrogen-bond donors (Lipinski definition) is 3. The number of alkyl halides is 1. The van der Waals surface area contributed by atoms with Crippen molar-refractivity contribution in [3.8, 4) is 5.75 Å². The van der Waals surface area contributed by atoms with E-state index < -0.39 is 58.8 Å². The Morgan fingerprint density at radius 1 is 1.35 bits per heavy atom. The molecule has 0 amide bonds. The highest BCUT2D eigenvalue weighted by Crippen LogP contribution is 2.58. The number of benzene rings is 1. The van der Waals surface area contributed by atoms with E-state index in [0.717, 1.165) is 18.0 Å². The number of nitrogens with one attached hydrogen (secondary N) is 1. The number of imidazole rings is 1. The first kappa shape index (κ1) is 30.2. The molecule has 1 aromatic carbocycles. The van der Waals surface area contributed by atoms with Crippen molar-refractivity contribution in [1.82, 2.24) is 24.6 Å². The summed E-state index contributed by atoms with van der Waals surface area (Å²) in [7, 11) is -9.30. The number of nitrogens with two attached hydrogens (primary N) is 1. The second kappa shape index (κ2) is 12.0. The fourth-order valence-corrected chi connectivity index (χ4v) is 6.73. The van der Waals surface area contributed by atoms with E-state index in [0.29, 0.717) is 0 Å². The highest BCUT2D eigenvalue weighted by molar-refractivity contribution is 7.63. The number of carbonyl (C=O) groups excluding carboxylic acids is 1. The van der Waals surface area contributed by atoms with Crippen LogP contribution in [-0.4, -0.2) is 68.7 Å². The third-order valence-corrected chi connectivity index (χ3v) is 8.92. The van der Waals surface area contributed by atoms with Crippen molar-refractivity contribution >= 4 is 50.1 Å². The number of aromatic nitrogens is 4. The molecule has 1 aliphatic rings. The number of hydrogen-bond acceptors (Lipinski definition) is 14. The fraction of sp³-hybridized carbons (Fsp3) is 0.400. The molecule has 7 atom stereocenters. The number of aliphatic hydroxyl groups is 1. The maximum absolute atomic E-state index is 15.0. The van der Waals surface area contributed by atoms with Crippen LogP contribution < -0.4 is 20.2 Å². The molecule has 0 spiro atoms. The van der Waals surface area contributed by atoms with E-state index in [1.165, 1.54) is 31.2 Å². The second-order valence-electron chi connectivity index (χ2n) is 8.30. The van der Waals surface area contributed by atoms with E-state index in [-0.39, 0.29) is 28.0 Å². The number of carbonyl (C=O) groups is 1. The molecule has 0 aliphatic carbocycles. The minimum atomic E-state index is -5.52. The molecular formula is C20H23ClFN6O10P2-. The molecule has 20 heteroatoms. The van der Waals surface area contributed by atoms with Gasteiger partial charge in [0.05, 0.1) is 20.0 Å². The third-order valence-electron chi connectivity index (χ3n) is 5.47. The Morgan fingerprint density at radius 2 is 2.05 bits per heavy atom. The first-order valence-corrected chi connectivity index (χ1v) is 14.7. The van der Waals surface area contributed by atoms with E-state index in [1.54, 1.807) is 6.07 Å². The van der Waals surface area contributed by atoms with Gasteiger partial charge in [-0.2, -0.15) is 15.1 Å². The average Bonchev–Trinajstić information content (AvgIpc) is 3.43. The lowest BCUT2D eigenvalue weighted by atomic mass is 10.1. The zero-order chi connectivity index (χ0) is 29.2. The van der Waals surface area contributed by atoms with Gasteiger partial charge in [-0.1, -0.05) is 18.2 Å². The van der Waals surface area contributed by atoms with E-state index in [1.807, 2.05) is 0 Å². The third kappa shape index (κ3) is 6.77. The van der Waals surface area contributed by atoms with Crippen LogP contribution in [0.5, 0.6) is 5.75 Å². The summed E-state index contributed by atoms with van der Waals surface area (Å²) in [6, 6.07) is 6.02. The van der Waals surface area contributed by atoms with E-state index in [2.05, 4.69) is 24.8 Å². The number of ether oxygens (including phenoxy) is 2. The number of rotatable bonds is 11. The number of aliphatic hydroxyl groups excluding tert-OH is 1. The number of fused-ring (bicyclic) bond motifs is 1. The zero-order valence-corrected chi connectivity index (χ0v) is 23.2. The van der Waals surface area contributed by atoms with Crippen LogP contribution in [0.1, 0.15) is 13.2 Å². The van der Waals surface area contributed by atoms with Crippen LogP contribution in [0, 0.1) is 0 Å². The molecule has 4 rings (SSSR count). The number of phosphoric acid groups is 1. The summed E-state index contributed by atoms with van der Waals surface area (Å²) in [4.78, 5) is 36.1. The molecule has 1 aliphatic heterocycles. The summed E-state index contributed by atoms with van der Waals surface area (Å²) in [6.45, 7) is 0.268. The number of nitrogens with zero attached hydrogens (tertiary/aromatic N) is 4. The van der Waals surface area contributed by atoms with Gasteiger partial charge in [0.1, 0.15) is 29.5 Å². The van der Waals surface area contributed by atoms with Gasteiger partial charge in [0.25, 0.3) is 7.82 Å². The van der Waals surface area contributed by atoms with Crippen molar-refractivity contribution in [1.29, 1.82) is 0 Å². The van der Waals surface area contributed by atoms with Gasteiger partial charge in [0.15, 0.2) is 23.9 Å². The molecule has 1 fully saturated rings. The number of para-hydroxylation sites is 1. The number of nitrogen functional groups attached to an aromatic ring is 1. The lowest BCUT2D eigenvalue weighted by molar-refractivity contribution is -0.220. The molecule has 16 nitrogen and oxygen atoms in total. The summed E-state index contributed by atoms with van der Waals surface area (Å²) in [5.74, 6) is -1.04. The first-order valence-electron chi connectivity index (χ1n) is 11.3. The SMILES string of the molecule is COC(=O)[C@H](C)NP(=O)(Oc1ccccc1)OP(=O)([O-])OC[C@H]1O[C@@H](n2cnc3c(N)nc(Cl)nc32)[C@H](F)C1O. The van der Waals surface area contributed by atoms with E-state index in [4.69, 9.17) is 35.4 Å². The summed E-state index contributed by atoms with van der Waals surface area (Å²) in [5.41, 5.74) is 5.84. The largest absolute Gasteiger partial charge is 0.756 e. The molecule has 3 heterocycles. The average molecular weight is 624 g/mol. The van der Waals surface area contributed by atoms with Gasteiger partial charge in [-0.15, -0.1) is 0 Å². The van der Waals surface area contributed by atoms with Gasteiger partial charge in [0, 0.05) is 0 Å². The van der Waals surface area contributed by atoms with Crippen molar-refractivity contribution in [3.63, 3.8) is 0 Å². The van der Waals surface area contributed by atoms with E-state index in [9.17, 15) is 23.9 Å². The lowest BCUT2D eigenvalue weighted by Crippen LogP contribution is -2.35. The van der Waals surface area contributed by atoms with Gasteiger partial charge in [-0.05, 0) is 30.7 Å². The van der Waals surface area contributed by atoms with Gasteiger partial charge in [-0.3, -0.25) is 13.9 Å². The van der Waals surface area contributed by atoms with Crippen LogP contribution >= 0.6 is 27.2 Å². The highest BCUT2D eigenvalue weighted by atomic mass is 35.5. The maximum Gasteiger partial charge on any atom is 0.465 e. The minimum Gasteiger partial charge on any atom is -0.756 e. The number of phosphoric ester groups is 1. The normalized spacial score (nSPS) is 24.8. The van der Waals surface area contributed by atoms with Crippen LogP contribution in [0.15, 0.2) is 36.7 Å². The number of methoxy groups -OCH3 is 1. The molecule has 4 N–H and O–H groups in total. The molecular weight excluding hydrogens is 601 g/mol. The maximum atomic E-state index is 15.0. The second-order valence-corrected chi connectivity index (χ2v) is 11.9. The number of esters is 1. The van der Waals surface area contributed by atoms with Crippen LogP contribution in [0.4, 0.5) is 10.2 Å². The molecule has 1 saturated heterocycles. The predicted molar refractivity (Wildman–Crippen MR) is 133 cm³/mol. The van der Waals surface area contributed by atoms with Gasteiger partial charge in [0.2, 0.25) is 5.28 Å². The van der Waals surface area contributed by atoms with Crippen LogP contribution in [0.2, 0.25) is 5.28 Å². The number of anilines is 1. The van der Waals surface area contributed by atoms with Gasteiger partial charge >= 0.3 is 13.7 Å². The highest BCUT2D eigenvalue weighted by Gasteiger charge is 2.47. The molecule has 3 unspecified atom stereocenters. The quantitative estimate of drug-likeness (QED) is 0.156. The molecule has 3 aromatic rings. The Labute approximate surface area is 230 Å². The van der Waals surface area contributed by atoms with Crippen molar-refractivity contribution in [3.05, 3.63) is 41.9 Å². The van der Waals surface area contributed by atoms with Gasteiger partial charge < -0.3 is 34.3 Å². The van der Waals surface area contributed by atoms with Crippen molar-refractivity contribution < 1.29 is 51.1 Å². The summed E-state index contributed by atoms with van der Waals surface area (Å²) >= 11 is 5.82. The lowest BCUT2D eigenvalue weighted by Gasteiger charge is -2.29.